The van der Waals surface area contributed by atoms with Crippen molar-refractivity contribution in [2.24, 2.45) is 0 Å². The van der Waals surface area contributed by atoms with Crippen molar-refractivity contribution in [3.63, 3.8) is 0 Å². The Morgan fingerprint density at radius 1 is 1.50 bits per heavy atom. The molecule has 2 unspecified atom stereocenters. The van der Waals surface area contributed by atoms with E-state index in [1.807, 2.05) is 7.05 Å². The molecule has 2 atom stereocenters. The van der Waals surface area contributed by atoms with Gasteiger partial charge in [0.25, 0.3) is 0 Å². The number of hydrogen-bond donors (Lipinski definition) is 1. The Bertz CT molecular complexity index is 146. The predicted octanol–water partition coefficient (Wildman–Crippen LogP) is 1.10. The van der Waals surface area contributed by atoms with Crippen molar-refractivity contribution in [3.05, 3.63) is 0 Å². The van der Waals surface area contributed by atoms with Gasteiger partial charge in [0, 0.05) is 19.1 Å². The van der Waals surface area contributed by atoms with Gasteiger partial charge in [0.05, 0.1) is 12.7 Å². The molecule has 0 bridgehead atoms. The van der Waals surface area contributed by atoms with E-state index in [4.69, 9.17) is 4.74 Å². The third kappa shape index (κ3) is 3.23. The van der Waals surface area contributed by atoms with Gasteiger partial charge in [0.15, 0.2) is 0 Å². The molecule has 3 heteroatoms. The second-order valence-electron chi connectivity index (χ2n) is 4.01. The average Bonchev–Trinajstić information content (AvgIpc) is 2.21. The molecular weight excluding hydrogens is 176 g/mol. The Kier molecular flexibility index (Phi) is 5.45. The van der Waals surface area contributed by atoms with E-state index in [-0.39, 0.29) is 0 Å². The van der Waals surface area contributed by atoms with E-state index in [1.54, 1.807) is 0 Å². The summed E-state index contributed by atoms with van der Waals surface area (Å²) in [5.41, 5.74) is 0. The predicted molar refractivity (Wildman–Crippen MR) is 59.6 cm³/mol. The van der Waals surface area contributed by atoms with E-state index in [0.29, 0.717) is 12.1 Å². The highest BCUT2D eigenvalue weighted by Gasteiger charge is 2.25. The summed E-state index contributed by atoms with van der Waals surface area (Å²) in [7, 11) is 2.02. The van der Waals surface area contributed by atoms with Crippen LogP contribution in [0.2, 0.25) is 0 Å². The summed E-state index contributed by atoms with van der Waals surface area (Å²) in [4.78, 5) is 2.51. The van der Waals surface area contributed by atoms with E-state index in [0.717, 1.165) is 26.1 Å². The van der Waals surface area contributed by atoms with Gasteiger partial charge in [-0.1, -0.05) is 13.8 Å². The number of morpholine rings is 1. The molecule has 1 N–H and O–H groups in total. The van der Waals surface area contributed by atoms with Crippen molar-refractivity contribution in [1.82, 2.24) is 10.2 Å². The van der Waals surface area contributed by atoms with Gasteiger partial charge in [-0.3, -0.25) is 4.90 Å². The van der Waals surface area contributed by atoms with Crippen molar-refractivity contribution >= 4 is 0 Å². The highest BCUT2D eigenvalue weighted by molar-refractivity contribution is 4.81. The summed E-state index contributed by atoms with van der Waals surface area (Å²) in [5, 5.41) is 3.33. The Morgan fingerprint density at radius 3 is 2.86 bits per heavy atom. The zero-order valence-electron chi connectivity index (χ0n) is 9.75. The molecule has 1 rings (SSSR count). The lowest BCUT2D eigenvalue weighted by Gasteiger charge is -2.36. The van der Waals surface area contributed by atoms with Crippen LogP contribution in [0, 0.1) is 0 Å². The van der Waals surface area contributed by atoms with Gasteiger partial charge in [0.1, 0.15) is 0 Å². The van der Waals surface area contributed by atoms with Crippen molar-refractivity contribution in [3.8, 4) is 0 Å². The van der Waals surface area contributed by atoms with Crippen molar-refractivity contribution in [2.75, 3.05) is 33.3 Å². The Labute approximate surface area is 87.8 Å². The minimum absolute atomic E-state index is 0.380. The third-order valence-corrected chi connectivity index (χ3v) is 2.98. The maximum Gasteiger partial charge on any atom is 0.0855 e. The first-order valence-electron chi connectivity index (χ1n) is 5.83. The first kappa shape index (κ1) is 12.0. The van der Waals surface area contributed by atoms with Crippen molar-refractivity contribution in [2.45, 2.75) is 38.8 Å². The molecule has 1 fully saturated rings. The third-order valence-electron chi connectivity index (χ3n) is 2.98. The van der Waals surface area contributed by atoms with Crippen LogP contribution in [0.1, 0.15) is 26.7 Å². The van der Waals surface area contributed by atoms with Gasteiger partial charge in [-0.15, -0.1) is 0 Å². The van der Waals surface area contributed by atoms with Crippen LogP contribution in [-0.2, 0) is 4.74 Å². The van der Waals surface area contributed by atoms with Crippen LogP contribution >= 0.6 is 0 Å². The zero-order valence-corrected chi connectivity index (χ0v) is 9.75. The lowest BCUT2D eigenvalue weighted by molar-refractivity contribution is -0.0456. The fourth-order valence-corrected chi connectivity index (χ4v) is 2.15. The maximum atomic E-state index is 5.79. The molecule has 1 heterocycles. The summed E-state index contributed by atoms with van der Waals surface area (Å²) < 4.78 is 5.79. The number of ether oxygens (including phenoxy) is 1. The smallest absolute Gasteiger partial charge is 0.0855 e. The largest absolute Gasteiger partial charge is 0.374 e. The van der Waals surface area contributed by atoms with Gasteiger partial charge in [-0.05, 0) is 26.4 Å². The van der Waals surface area contributed by atoms with Gasteiger partial charge in [-0.2, -0.15) is 0 Å². The van der Waals surface area contributed by atoms with E-state index < -0.39 is 0 Å². The standard InChI is InChI=1S/C11H24N2O/c1-4-6-13-7-8-14-11(9-13)10(5-2)12-3/h10-12H,4-9H2,1-3H3. The van der Waals surface area contributed by atoms with Crippen LogP contribution < -0.4 is 5.32 Å². The summed E-state index contributed by atoms with van der Waals surface area (Å²) in [6.07, 6.45) is 2.76. The zero-order chi connectivity index (χ0) is 10.4. The fraction of sp³-hybridized carbons (Fsp3) is 1.00. The summed E-state index contributed by atoms with van der Waals surface area (Å²) in [5.74, 6) is 0. The monoisotopic (exact) mass is 200 g/mol. The van der Waals surface area contributed by atoms with Gasteiger partial charge in [-0.25, -0.2) is 0 Å². The van der Waals surface area contributed by atoms with E-state index in [1.165, 1.54) is 13.0 Å². The molecule has 0 amide bonds. The molecule has 1 saturated heterocycles. The summed E-state index contributed by atoms with van der Waals surface area (Å²) in [6, 6.07) is 0.509. The van der Waals surface area contributed by atoms with Gasteiger partial charge >= 0.3 is 0 Å². The fourth-order valence-electron chi connectivity index (χ4n) is 2.15. The van der Waals surface area contributed by atoms with Gasteiger partial charge < -0.3 is 10.1 Å². The van der Waals surface area contributed by atoms with E-state index in [9.17, 15) is 0 Å². The molecule has 3 nitrogen and oxygen atoms in total. The first-order valence-corrected chi connectivity index (χ1v) is 5.83. The number of nitrogens with one attached hydrogen (secondary N) is 1. The Balaban J connectivity index is 2.38. The summed E-state index contributed by atoms with van der Waals surface area (Å²) in [6.45, 7) is 8.74. The van der Waals surface area contributed by atoms with Crippen molar-refractivity contribution in [1.29, 1.82) is 0 Å². The quantitative estimate of drug-likeness (QED) is 0.719. The second kappa shape index (κ2) is 6.38. The number of nitrogens with zero attached hydrogens (tertiary/aromatic N) is 1. The second-order valence-corrected chi connectivity index (χ2v) is 4.01. The SMILES string of the molecule is CCCN1CCOC(C(CC)NC)C1. The maximum absolute atomic E-state index is 5.79. The lowest BCUT2D eigenvalue weighted by Crippen LogP contribution is -2.51. The highest BCUT2D eigenvalue weighted by atomic mass is 16.5. The molecule has 0 spiro atoms. The molecular formula is C11H24N2O. The first-order chi connectivity index (χ1) is 6.81. The molecule has 0 aromatic carbocycles. The lowest BCUT2D eigenvalue weighted by atomic mass is 10.1. The molecule has 84 valence electrons. The molecule has 0 saturated carbocycles. The molecule has 1 aliphatic rings. The molecule has 0 aromatic rings. The molecule has 14 heavy (non-hydrogen) atoms. The van der Waals surface area contributed by atoms with E-state index >= 15 is 0 Å². The topological polar surface area (TPSA) is 24.5 Å². The normalized spacial score (nSPS) is 26.4. The Hall–Kier alpha value is -0.120. The van der Waals surface area contributed by atoms with Crippen LogP contribution in [0.4, 0.5) is 0 Å². The minimum atomic E-state index is 0.380. The van der Waals surface area contributed by atoms with Crippen LogP contribution in [0.5, 0.6) is 0 Å². The molecule has 0 aliphatic carbocycles. The number of rotatable bonds is 5. The number of likely N-dealkylation sites (N-methyl/N-ethyl adjacent to an activating group) is 1. The molecule has 0 radical (unpaired) electrons. The Morgan fingerprint density at radius 2 is 2.29 bits per heavy atom. The molecule has 1 aliphatic heterocycles. The van der Waals surface area contributed by atoms with Crippen LogP contribution in [-0.4, -0.2) is 50.3 Å². The van der Waals surface area contributed by atoms with Crippen LogP contribution in [0.15, 0.2) is 0 Å². The van der Waals surface area contributed by atoms with Crippen molar-refractivity contribution < 1.29 is 4.74 Å². The molecule has 0 aromatic heterocycles. The van der Waals surface area contributed by atoms with Crippen LogP contribution in [0.3, 0.4) is 0 Å². The van der Waals surface area contributed by atoms with E-state index in [2.05, 4.69) is 24.1 Å². The van der Waals surface area contributed by atoms with Gasteiger partial charge in [0.2, 0.25) is 0 Å². The summed E-state index contributed by atoms with van der Waals surface area (Å²) >= 11 is 0. The van der Waals surface area contributed by atoms with Crippen LogP contribution in [0.25, 0.3) is 0 Å². The number of hydrogen-bond acceptors (Lipinski definition) is 3. The highest BCUT2D eigenvalue weighted by Crippen LogP contribution is 2.11. The average molecular weight is 200 g/mol. The minimum Gasteiger partial charge on any atom is -0.374 e.